The first-order chi connectivity index (χ1) is 12.0. The van der Waals surface area contributed by atoms with Gasteiger partial charge in [0.15, 0.2) is 0 Å². The van der Waals surface area contributed by atoms with Crippen LogP contribution in [0.3, 0.4) is 0 Å². The van der Waals surface area contributed by atoms with Crippen molar-refractivity contribution >= 4 is 28.2 Å². The smallest absolute Gasteiger partial charge is 0.341 e. The molecule has 0 saturated heterocycles. The molecule has 0 aliphatic carbocycles. The summed E-state index contributed by atoms with van der Waals surface area (Å²) in [5.74, 6) is -0.327. The molecule has 0 saturated carbocycles. The number of nitrogens with one attached hydrogen (secondary N) is 1. The van der Waals surface area contributed by atoms with Crippen LogP contribution < -0.4 is 5.32 Å². The third kappa shape index (κ3) is 5.69. The summed E-state index contributed by atoms with van der Waals surface area (Å²) >= 11 is 1.33. The minimum Gasteiger partial charge on any atom is -0.465 e. The molecule has 0 aliphatic rings. The Hall–Kier alpha value is -2.18. The van der Waals surface area contributed by atoms with Crippen molar-refractivity contribution in [1.29, 1.82) is 0 Å². The first-order valence-electron chi connectivity index (χ1n) is 8.11. The highest BCUT2D eigenvalue weighted by molar-refractivity contribution is 7.15. The molecule has 0 fully saturated rings. The lowest BCUT2D eigenvalue weighted by molar-refractivity contribution is -0.120. The van der Waals surface area contributed by atoms with Crippen LogP contribution >= 0.6 is 11.3 Å². The molecule has 134 valence electrons. The second-order valence-corrected chi connectivity index (χ2v) is 6.96. The van der Waals surface area contributed by atoms with E-state index in [4.69, 9.17) is 9.47 Å². The fourth-order valence-electron chi connectivity index (χ4n) is 2.40. The molecule has 0 spiro atoms. The van der Waals surface area contributed by atoms with Gasteiger partial charge in [0, 0.05) is 0 Å². The fourth-order valence-corrected chi connectivity index (χ4v) is 3.38. The highest BCUT2D eigenvalue weighted by Gasteiger charge is 2.21. The van der Waals surface area contributed by atoms with Crippen LogP contribution in [0.4, 0.5) is 5.00 Å². The van der Waals surface area contributed by atoms with E-state index in [1.165, 1.54) is 18.4 Å². The second kappa shape index (κ2) is 9.34. The van der Waals surface area contributed by atoms with Crippen LogP contribution in [-0.2, 0) is 27.3 Å². The molecule has 2 rings (SSSR count). The summed E-state index contributed by atoms with van der Waals surface area (Å²) in [4.78, 5) is 24.2. The number of thiophene rings is 1. The number of methoxy groups -OCH3 is 1. The minimum atomic E-state index is -0.433. The number of amides is 1. The van der Waals surface area contributed by atoms with Gasteiger partial charge in [-0.15, -0.1) is 11.3 Å². The fraction of sp³-hybridized carbons (Fsp3) is 0.368. The van der Waals surface area contributed by atoms with Crippen LogP contribution in [0.2, 0.25) is 0 Å². The largest absolute Gasteiger partial charge is 0.465 e. The first-order valence-corrected chi connectivity index (χ1v) is 8.99. The number of benzene rings is 1. The second-order valence-electron chi connectivity index (χ2n) is 6.08. The van der Waals surface area contributed by atoms with Crippen molar-refractivity contribution in [2.75, 3.05) is 19.0 Å². The van der Waals surface area contributed by atoms with Gasteiger partial charge in [-0.1, -0.05) is 44.2 Å². The number of hydrogen-bond acceptors (Lipinski definition) is 5. The number of hydrogen-bond donors (Lipinski definition) is 1. The molecule has 1 N–H and O–H groups in total. The Morgan fingerprint density at radius 1 is 1.20 bits per heavy atom. The van der Waals surface area contributed by atoms with E-state index in [2.05, 4.69) is 19.2 Å². The van der Waals surface area contributed by atoms with E-state index >= 15 is 0 Å². The normalized spacial score (nSPS) is 10.7. The molecule has 1 amide bonds. The molecule has 5 nitrogen and oxygen atoms in total. The number of carbonyl (C=O) groups excluding carboxylic acids is 2. The van der Waals surface area contributed by atoms with Crippen molar-refractivity contribution in [3.63, 3.8) is 0 Å². The molecule has 25 heavy (non-hydrogen) atoms. The monoisotopic (exact) mass is 361 g/mol. The summed E-state index contributed by atoms with van der Waals surface area (Å²) in [5.41, 5.74) is 2.34. The van der Waals surface area contributed by atoms with E-state index in [-0.39, 0.29) is 12.5 Å². The summed E-state index contributed by atoms with van der Waals surface area (Å²) in [7, 11) is 1.34. The molecule has 1 heterocycles. The van der Waals surface area contributed by atoms with Crippen LogP contribution in [0.1, 0.15) is 35.3 Å². The zero-order valence-electron chi connectivity index (χ0n) is 14.7. The Bertz CT molecular complexity index is 709. The summed E-state index contributed by atoms with van der Waals surface area (Å²) in [6.07, 6.45) is 0.751. The van der Waals surface area contributed by atoms with Crippen molar-refractivity contribution in [2.45, 2.75) is 26.9 Å². The molecule has 0 unspecified atom stereocenters. The predicted molar refractivity (Wildman–Crippen MR) is 98.9 cm³/mol. The summed E-state index contributed by atoms with van der Waals surface area (Å²) in [5, 5.41) is 5.16. The molecule has 0 radical (unpaired) electrons. The SMILES string of the molecule is COC(=O)c1c(CC(C)C)csc1NC(=O)COCc1ccccc1. The Kier molecular flexibility index (Phi) is 7.16. The van der Waals surface area contributed by atoms with Gasteiger partial charge < -0.3 is 14.8 Å². The average molecular weight is 361 g/mol. The zero-order chi connectivity index (χ0) is 18.2. The molecule has 1 aromatic heterocycles. The topological polar surface area (TPSA) is 64.6 Å². The number of carbonyl (C=O) groups is 2. The number of rotatable bonds is 8. The lowest BCUT2D eigenvalue weighted by Crippen LogP contribution is -2.19. The molecule has 1 aromatic carbocycles. The van der Waals surface area contributed by atoms with Gasteiger partial charge in [0.25, 0.3) is 5.91 Å². The van der Waals surface area contributed by atoms with Gasteiger partial charge >= 0.3 is 5.97 Å². The highest BCUT2D eigenvalue weighted by Crippen LogP contribution is 2.30. The van der Waals surface area contributed by atoms with E-state index in [0.29, 0.717) is 23.1 Å². The Balaban J connectivity index is 1.97. The molecular weight excluding hydrogens is 338 g/mol. The van der Waals surface area contributed by atoms with Crippen molar-refractivity contribution in [1.82, 2.24) is 0 Å². The van der Waals surface area contributed by atoms with Crippen LogP contribution in [0.25, 0.3) is 0 Å². The number of ether oxygens (including phenoxy) is 2. The van der Waals surface area contributed by atoms with Crippen LogP contribution in [0.5, 0.6) is 0 Å². The van der Waals surface area contributed by atoms with Gasteiger partial charge in [-0.3, -0.25) is 4.79 Å². The maximum Gasteiger partial charge on any atom is 0.341 e. The number of esters is 1. The van der Waals surface area contributed by atoms with E-state index in [9.17, 15) is 9.59 Å². The molecule has 0 aliphatic heterocycles. The van der Waals surface area contributed by atoms with Crippen molar-refractivity contribution in [3.05, 3.63) is 52.4 Å². The van der Waals surface area contributed by atoms with Crippen molar-refractivity contribution < 1.29 is 19.1 Å². The summed E-state index contributed by atoms with van der Waals surface area (Å²) < 4.78 is 10.3. The maximum absolute atomic E-state index is 12.1. The van der Waals surface area contributed by atoms with Gasteiger partial charge in [-0.05, 0) is 28.8 Å². The van der Waals surface area contributed by atoms with Crippen LogP contribution in [-0.4, -0.2) is 25.6 Å². The highest BCUT2D eigenvalue weighted by atomic mass is 32.1. The summed E-state index contributed by atoms with van der Waals surface area (Å²) in [6.45, 7) is 4.44. The average Bonchev–Trinajstić information content (AvgIpc) is 2.96. The lowest BCUT2D eigenvalue weighted by Gasteiger charge is -2.09. The third-order valence-corrected chi connectivity index (χ3v) is 4.43. The van der Waals surface area contributed by atoms with E-state index in [1.54, 1.807) is 0 Å². The molecular formula is C19H23NO4S. The standard InChI is InChI=1S/C19H23NO4S/c1-13(2)9-15-12-25-18(17(15)19(22)23-3)20-16(21)11-24-10-14-7-5-4-6-8-14/h4-8,12-13H,9-11H2,1-3H3,(H,20,21). The Morgan fingerprint density at radius 3 is 2.56 bits per heavy atom. The van der Waals surface area contributed by atoms with E-state index in [1.807, 2.05) is 35.7 Å². The van der Waals surface area contributed by atoms with E-state index < -0.39 is 5.97 Å². The minimum absolute atomic E-state index is 0.0765. The van der Waals surface area contributed by atoms with Gasteiger partial charge in [0.2, 0.25) is 0 Å². The van der Waals surface area contributed by atoms with Crippen molar-refractivity contribution in [3.8, 4) is 0 Å². The maximum atomic E-state index is 12.1. The molecule has 6 heteroatoms. The van der Waals surface area contributed by atoms with Crippen LogP contribution in [0.15, 0.2) is 35.7 Å². The summed E-state index contributed by atoms with van der Waals surface area (Å²) in [6, 6.07) is 9.64. The molecule has 0 bridgehead atoms. The Morgan fingerprint density at radius 2 is 1.92 bits per heavy atom. The molecule has 0 atom stereocenters. The first kappa shape index (κ1) is 19.1. The van der Waals surface area contributed by atoms with Gasteiger partial charge in [0.1, 0.15) is 11.6 Å². The Labute approximate surface area is 152 Å². The third-order valence-electron chi connectivity index (χ3n) is 3.48. The zero-order valence-corrected chi connectivity index (χ0v) is 15.5. The van der Waals surface area contributed by atoms with Crippen molar-refractivity contribution in [2.24, 2.45) is 5.92 Å². The van der Waals surface area contributed by atoms with E-state index in [0.717, 1.165) is 17.5 Å². The quantitative estimate of drug-likeness (QED) is 0.725. The van der Waals surface area contributed by atoms with Gasteiger partial charge in [-0.2, -0.15) is 0 Å². The van der Waals surface area contributed by atoms with Gasteiger partial charge in [0.05, 0.1) is 19.3 Å². The lowest BCUT2D eigenvalue weighted by atomic mass is 10.0. The predicted octanol–water partition coefficient (Wildman–Crippen LogP) is 3.89. The molecule has 2 aromatic rings. The van der Waals surface area contributed by atoms with Gasteiger partial charge in [-0.25, -0.2) is 4.79 Å². The number of anilines is 1. The van der Waals surface area contributed by atoms with Crippen LogP contribution in [0, 0.1) is 5.92 Å².